The third-order valence-corrected chi connectivity index (χ3v) is 2.52. The minimum absolute atomic E-state index is 0.894. The van der Waals surface area contributed by atoms with Crippen LogP contribution >= 0.6 is 11.3 Å². The molecule has 2 heterocycles. The fourth-order valence-electron chi connectivity index (χ4n) is 1.12. The quantitative estimate of drug-likeness (QED) is 0.740. The molecule has 14 heavy (non-hydrogen) atoms. The van der Waals surface area contributed by atoms with Crippen molar-refractivity contribution >= 4 is 11.3 Å². The Morgan fingerprint density at radius 3 is 2.71 bits per heavy atom. The smallest absolute Gasteiger partial charge is 0.0752 e. The van der Waals surface area contributed by atoms with E-state index < -0.39 is 0 Å². The molecule has 0 aliphatic heterocycles. The third-order valence-electron chi connectivity index (χ3n) is 1.66. The lowest BCUT2D eigenvalue weighted by Gasteiger charge is -1.95. The van der Waals surface area contributed by atoms with E-state index in [1.807, 2.05) is 24.7 Å². The molecule has 0 saturated carbocycles. The van der Waals surface area contributed by atoms with Crippen LogP contribution in [0.4, 0.5) is 0 Å². The second kappa shape index (κ2) is 5.60. The minimum atomic E-state index is 0.894. The summed E-state index contributed by atoms with van der Waals surface area (Å²) in [5, 5.41) is 6.30. The van der Waals surface area contributed by atoms with E-state index in [2.05, 4.69) is 35.7 Å². The topological polar surface area (TPSA) is 17.8 Å². The first-order valence-electron chi connectivity index (χ1n) is 4.86. The monoisotopic (exact) mass is 208 g/mol. The van der Waals surface area contributed by atoms with E-state index in [-0.39, 0.29) is 0 Å². The Hall–Kier alpha value is -1.09. The maximum absolute atomic E-state index is 4.21. The Morgan fingerprint density at radius 1 is 1.43 bits per heavy atom. The zero-order valence-electron chi connectivity index (χ0n) is 8.90. The van der Waals surface area contributed by atoms with E-state index in [1.54, 1.807) is 11.3 Å². The second-order valence-electron chi connectivity index (χ2n) is 2.79. The molecular formula is C11H16N2S. The van der Waals surface area contributed by atoms with Gasteiger partial charge in [-0.1, -0.05) is 19.9 Å². The summed E-state index contributed by atoms with van der Waals surface area (Å²) in [6.07, 6.45) is 3.94. The van der Waals surface area contributed by atoms with Gasteiger partial charge in [-0.05, 0) is 23.9 Å². The molecule has 2 nitrogen and oxygen atoms in total. The van der Waals surface area contributed by atoms with Crippen LogP contribution < -0.4 is 0 Å². The van der Waals surface area contributed by atoms with Gasteiger partial charge in [-0.3, -0.25) is 4.68 Å². The highest BCUT2D eigenvalue weighted by Crippen LogP contribution is 2.10. The lowest BCUT2D eigenvalue weighted by Crippen LogP contribution is -1.97. The van der Waals surface area contributed by atoms with Crippen molar-refractivity contribution in [2.75, 3.05) is 0 Å². The molecule has 0 aliphatic rings. The normalized spacial score (nSPS) is 9.36. The summed E-state index contributed by atoms with van der Waals surface area (Å²) < 4.78 is 1.96. The van der Waals surface area contributed by atoms with Crippen LogP contribution in [0.3, 0.4) is 0 Å². The summed E-state index contributed by atoms with van der Waals surface area (Å²) in [5.41, 5.74) is 1.21. The predicted molar refractivity (Wildman–Crippen MR) is 61.7 cm³/mol. The number of rotatable bonds is 2. The minimum Gasteiger partial charge on any atom is -0.267 e. The van der Waals surface area contributed by atoms with Crippen molar-refractivity contribution in [2.45, 2.75) is 27.3 Å². The molecule has 0 fully saturated rings. The van der Waals surface area contributed by atoms with E-state index in [1.165, 1.54) is 10.4 Å². The molecule has 0 saturated heterocycles. The first kappa shape index (κ1) is 11.0. The van der Waals surface area contributed by atoms with Gasteiger partial charge in [0.1, 0.15) is 0 Å². The van der Waals surface area contributed by atoms with Crippen LogP contribution in [0.2, 0.25) is 0 Å². The number of hydrogen-bond acceptors (Lipinski definition) is 2. The van der Waals surface area contributed by atoms with Gasteiger partial charge in [0.2, 0.25) is 0 Å². The summed E-state index contributed by atoms with van der Waals surface area (Å²) in [6.45, 7) is 6.95. The average molecular weight is 208 g/mol. The van der Waals surface area contributed by atoms with Crippen LogP contribution in [-0.2, 0) is 6.54 Å². The van der Waals surface area contributed by atoms with Crippen molar-refractivity contribution in [3.63, 3.8) is 0 Å². The fraction of sp³-hybridized carbons (Fsp3) is 0.364. The van der Waals surface area contributed by atoms with Crippen molar-refractivity contribution < 1.29 is 0 Å². The van der Waals surface area contributed by atoms with Gasteiger partial charge in [0, 0.05) is 11.1 Å². The van der Waals surface area contributed by atoms with Gasteiger partial charge in [0.25, 0.3) is 0 Å². The van der Waals surface area contributed by atoms with Gasteiger partial charge < -0.3 is 0 Å². The van der Waals surface area contributed by atoms with Crippen molar-refractivity contribution in [1.29, 1.82) is 0 Å². The maximum Gasteiger partial charge on any atom is 0.0752 e. The number of thiophene rings is 1. The Labute approximate surface area is 89.2 Å². The molecule has 0 unspecified atom stereocenters. The van der Waals surface area contributed by atoms with Crippen molar-refractivity contribution in [3.8, 4) is 0 Å². The maximum atomic E-state index is 4.21. The van der Waals surface area contributed by atoms with E-state index in [0.717, 1.165) is 6.54 Å². The van der Waals surface area contributed by atoms with Crippen molar-refractivity contribution in [2.24, 2.45) is 0 Å². The van der Waals surface area contributed by atoms with Gasteiger partial charge in [-0.25, -0.2) is 0 Å². The first-order chi connectivity index (χ1) is 6.84. The van der Waals surface area contributed by atoms with Crippen LogP contribution in [0.15, 0.2) is 29.9 Å². The molecule has 76 valence electrons. The van der Waals surface area contributed by atoms with Crippen LogP contribution in [0, 0.1) is 6.92 Å². The van der Waals surface area contributed by atoms with E-state index in [4.69, 9.17) is 0 Å². The highest BCUT2D eigenvalue weighted by Gasteiger charge is 1.96. The molecule has 3 heteroatoms. The lowest BCUT2D eigenvalue weighted by atomic mass is 10.4. The third kappa shape index (κ3) is 3.00. The van der Waals surface area contributed by atoms with E-state index in [0.29, 0.717) is 0 Å². The molecule has 0 aliphatic carbocycles. The largest absolute Gasteiger partial charge is 0.267 e. The van der Waals surface area contributed by atoms with Crippen LogP contribution in [0.5, 0.6) is 0 Å². The van der Waals surface area contributed by atoms with Gasteiger partial charge in [-0.2, -0.15) is 5.10 Å². The molecule has 0 radical (unpaired) electrons. The first-order valence-corrected chi connectivity index (χ1v) is 5.74. The van der Waals surface area contributed by atoms with Crippen LogP contribution in [-0.4, -0.2) is 9.78 Å². The molecule has 2 aromatic rings. The van der Waals surface area contributed by atoms with Gasteiger partial charge in [-0.15, -0.1) is 11.3 Å². The molecule has 0 amide bonds. The molecule has 0 spiro atoms. The number of aryl methyl sites for hydroxylation is 1. The zero-order chi connectivity index (χ0) is 10.4. The van der Waals surface area contributed by atoms with Gasteiger partial charge in [0.15, 0.2) is 0 Å². The van der Waals surface area contributed by atoms with Crippen LogP contribution in [0.25, 0.3) is 0 Å². The molecule has 2 rings (SSSR count). The van der Waals surface area contributed by atoms with E-state index in [9.17, 15) is 0 Å². The van der Waals surface area contributed by atoms with Gasteiger partial charge in [0.05, 0.1) is 12.7 Å². The van der Waals surface area contributed by atoms with Gasteiger partial charge >= 0.3 is 0 Å². The van der Waals surface area contributed by atoms with Crippen LogP contribution in [0.1, 0.15) is 24.3 Å². The molecule has 0 aromatic carbocycles. The standard InChI is InChI=1S/C9H10N2S.C2H6/c1-8-5-10-11(6-8)7-9-3-2-4-12-9;1-2/h2-6H,7H2,1H3;1-2H3. The summed E-state index contributed by atoms with van der Waals surface area (Å²) in [4.78, 5) is 1.35. The summed E-state index contributed by atoms with van der Waals surface area (Å²) in [6, 6.07) is 4.19. The molecule has 0 N–H and O–H groups in total. The number of hydrogen-bond donors (Lipinski definition) is 0. The average Bonchev–Trinajstić information content (AvgIpc) is 2.82. The Bertz CT molecular complexity index is 349. The highest BCUT2D eigenvalue weighted by atomic mass is 32.1. The predicted octanol–water partition coefficient (Wildman–Crippen LogP) is 3.33. The summed E-state index contributed by atoms with van der Waals surface area (Å²) in [7, 11) is 0. The SMILES string of the molecule is CC.Cc1cnn(Cc2cccs2)c1. The molecular weight excluding hydrogens is 192 g/mol. The number of aromatic nitrogens is 2. The summed E-state index contributed by atoms with van der Waals surface area (Å²) >= 11 is 1.77. The Morgan fingerprint density at radius 2 is 2.21 bits per heavy atom. The highest BCUT2D eigenvalue weighted by molar-refractivity contribution is 7.09. The lowest BCUT2D eigenvalue weighted by molar-refractivity contribution is 0.694. The Kier molecular flexibility index (Phi) is 4.40. The zero-order valence-corrected chi connectivity index (χ0v) is 9.71. The molecule has 0 atom stereocenters. The molecule has 2 aromatic heterocycles. The summed E-state index contributed by atoms with van der Waals surface area (Å²) in [5.74, 6) is 0. The molecule has 0 bridgehead atoms. The second-order valence-corrected chi connectivity index (χ2v) is 3.83. The fourth-order valence-corrected chi connectivity index (χ4v) is 1.81. The van der Waals surface area contributed by atoms with Crippen molar-refractivity contribution in [3.05, 3.63) is 40.3 Å². The van der Waals surface area contributed by atoms with Crippen molar-refractivity contribution in [1.82, 2.24) is 9.78 Å². The Balaban J connectivity index is 0.000000461. The van der Waals surface area contributed by atoms with E-state index >= 15 is 0 Å². The number of nitrogens with zero attached hydrogens (tertiary/aromatic N) is 2.